The molecule has 342 valence electrons. The van der Waals surface area contributed by atoms with Gasteiger partial charge in [0.1, 0.15) is 31.3 Å². The number of carbonyl (C=O) groups is 1. The summed E-state index contributed by atoms with van der Waals surface area (Å²) in [4.78, 5) is 14.0. The molecule has 1 saturated carbocycles. The van der Waals surface area contributed by atoms with E-state index < -0.39 is 0 Å². The standard InChI is InChI=1S/C68H46O4/c1-3-35-12-16-37(17-13-35)32-70-47-23-39(24-48(31-47)71-33-38-18-14-36(4-2)15-19-38)34-72-51(69)11-8-22-68(46-9-6-5-7-10-46)66-49-29-44-27-42-25-40-20-21-41-26-43-28-45-30-50(67(66)68)59-58(49)62-56(44)54(42)60-52(40)53(41)61-55(43)57(45)63(59)65(62)64(60)61/h3-7,9-10,12-21,23-26,29-31,66-67H,1-2,8,11,22,27-28,32-34H2. The minimum absolute atomic E-state index is 0.125. The Balaban J connectivity index is 0.702. The fourth-order valence-corrected chi connectivity index (χ4v) is 15.3. The quantitative estimate of drug-likeness (QED) is 0.0759. The second-order valence-electron chi connectivity index (χ2n) is 21.6. The molecule has 2 atom stereocenters. The van der Waals surface area contributed by atoms with Gasteiger partial charge in [-0.05, 0) is 191 Å². The number of carbonyl (C=O) groups excluding carboxylic acids is 1. The van der Waals surface area contributed by atoms with E-state index in [2.05, 4.69) is 79.9 Å². The van der Waals surface area contributed by atoms with Crippen LogP contribution in [0.4, 0.5) is 0 Å². The molecule has 13 aromatic rings. The van der Waals surface area contributed by atoms with Gasteiger partial charge in [-0.25, -0.2) is 0 Å². The first-order valence-electron chi connectivity index (χ1n) is 25.8. The van der Waals surface area contributed by atoms with E-state index in [1.54, 1.807) is 32.7 Å². The molecule has 0 spiro atoms. The molecule has 0 saturated heterocycles. The van der Waals surface area contributed by atoms with Crippen LogP contribution in [0.1, 0.15) is 97.9 Å². The minimum atomic E-state index is -0.189. The van der Waals surface area contributed by atoms with Gasteiger partial charge in [-0.3, -0.25) is 4.79 Å². The van der Waals surface area contributed by atoms with Gasteiger partial charge in [0.25, 0.3) is 0 Å². The van der Waals surface area contributed by atoms with Crippen molar-refractivity contribution in [2.24, 2.45) is 0 Å². The van der Waals surface area contributed by atoms with Gasteiger partial charge < -0.3 is 14.2 Å². The fraction of sp³-hybridized carbons (Fsp3) is 0.162. The molecule has 0 bridgehead atoms. The molecule has 2 unspecified atom stereocenters. The third-order valence-electron chi connectivity index (χ3n) is 18.1. The third-order valence-corrected chi connectivity index (χ3v) is 18.1. The molecule has 0 N–H and O–H groups in total. The summed E-state index contributed by atoms with van der Waals surface area (Å²) in [5.74, 6) is 1.78. The number of rotatable bonds is 15. The van der Waals surface area contributed by atoms with Crippen molar-refractivity contribution in [2.45, 2.75) is 69.2 Å². The van der Waals surface area contributed by atoms with Crippen LogP contribution < -0.4 is 9.47 Å². The van der Waals surface area contributed by atoms with Crippen molar-refractivity contribution in [1.82, 2.24) is 0 Å². The van der Waals surface area contributed by atoms with Gasteiger partial charge in [-0.1, -0.05) is 141 Å². The second kappa shape index (κ2) is 13.8. The number of benzene rings is 11. The molecule has 4 aliphatic rings. The van der Waals surface area contributed by atoms with Gasteiger partial charge in [0.15, 0.2) is 0 Å². The van der Waals surface area contributed by atoms with Gasteiger partial charge in [-0.15, -0.1) is 0 Å². The van der Waals surface area contributed by atoms with Gasteiger partial charge in [0.2, 0.25) is 0 Å². The van der Waals surface area contributed by atoms with E-state index in [1.807, 2.05) is 78.9 Å². The zero-order valence-corrected chi connectivity index (χ0v) is 39.7. The summed E-state index contributed by atoms with van der Waals surface area (Å²) in [6.07, 6.45) is 7.62. The van der Waals surface area contributed by atoms with E-state index in [0.29, 0.717) is 43.0 Å². The average molecular weight is 927 g/mol. The Morgan fingerprint density at radius 3 is 1.46 bits per heavy atom. The Morgan fingerprint density at radius 2 is 0.958 bits per heavy atom. The first-order valence-corrected chi connectivity index (χ1v) is 25.8. The van der Waals surface area contributed by atoms with Crippen molar-refractivity contribution in [1.29, 1.82) is 0 Å². The number of fused-ring (bicyclic) bond motifs is 3. The highest BCUT2D eigenvalue weighted by Gasteiger charge is 2.68. The Hall–Kier alpha value is -8.21. The largest absolute Gasteiger partial charge is 0.489 e. The van der Waals surface area contributed by atoms with Crippen LogP contribution >= 0.6 is 0 Å². The first kappa shape index (κ1) is 39.5. The third kappa shape index (κ3) is 4.95. The molecule has 13 aromatic carbocycles. The van der Waals surface area contributed by atoms with Crippen molar-refractivity contribution in [3.05, 3.63) is 213 Å². The molecule has 1 fully saturated rings. The average Bonchev–Trinajstić information content (AvgIpc) is 3.78. The summed E-state index contributed by atoms with van der Waals surface area (Å²) in [5, 5.41) is 24.2. The predicted octanol–water partition coefficient (Wildman–Crippen LogP) is 16.4. The van der Waals surface area contributed by atoms with Crippen molar-refractivity contribution in [2.75, 3.05) is 0 Å². The lowest BCUT2D eigenvalue weighted by Crippen LogP contribution is -2.13. The van der Waals surface area contributed by atoms with Crippen LogP contribution in [0.25, 0.3) is 98.3 Å². The molecule has 72 heavy (non-hydrogen) atoms. The van der Waals surface area contributed by atoms with E-state index >= 15 is 0 Å². The lowest BCUT2D eigenvalue weighted by molar-refractivity contribution is -0.145. The van der Waals surface area contributed by atoms with Crippen molar-refractivity contribution in [3.8, 4) is 11.5 Å². The van der Waals surface area contributed by atoms with E-state index in [4.69, 9.17) is 14.2 Å². The molecular formula is C68H46O4. The van der Waals surface area contributed by atoms with Gasteiger partial charge in [0.05, 0.1) is 0 Å². The molecular weight excluding hydrogens is 881 g/mol. The highest BCUT2D eigenvalue weighted by molar-refractivity contribution is 6.58. The van der Waals surface area contributed by atoms with Crippen molar-refractivity contribution >= 4 is 104 Å². The monoisotopic (exact) mass is 926 g/mol. The van der Waals surface area contributed by atoms with Crippen LogP contribution in [0, 0.1) is 0 Å². The smallest absolute Gasteiger partial charge is 0.306 e. The lowest BCUT2D eigenvalue weighted by Gasteiger charge is -2.20. The van der Waals surface area contributed by atoms with Crippen molar-refractivity contribution < 1.29 is 19.0 Å². The Labute approximate surface area is 415 Å². The second-order valence-corrected chi connectivity index (χ2v) is 21.6. The maximum Gasteiger partial charge on any atom is 0.306 e. The Bertz CT molecular complexity index is 4220. The van der Waals surface area contributed by atoms with Crippen LogP contribution in [0.15, 0.2) is 147 Å². The Kier molecular flexibility index (Phi) is 7.57. The number of esters is 1. The predicted molar refractivity (Wildman–Crippen MR) is 293 cm³/mol. The zero-order chi connectivity index (χ0) is 47.3. The summed E-state index contributed by atoms with van der Waals surface area (Å²) in [5.41, 5.74) is 15.4. The van der Waals surface area contributed by atoms with E-state index in [-0.39, 0.29) is 18.0 Å². The molecule has 17 rings (SSSR count). The van der Waals surface area contributed by atoms with Gasteiger partial charge >= 0.3 is 5.97 Å². The van der Waals surface area contributed by atoms with Gasteiger partial charge in [-0.2, -0.15) is 0 Å². The SMILES string of the molecule is C=Cc1ccc(COc2cc(COC(=O)CCCC3(c4ccccc4)C4c5cc6c7c8c(cc9ccc%10cc%11c%12c%13c(cc(c%14c5c7c(c%14%13)c5c8c9c%10c%125)C43)C%11)C6)cc(OCc3ccc(C=C)cc3)c2)cc1. The van der Waals surface area contributed by atoms with Crippen LogP contribution in [0.2, 0.25) is 0 Å². The van der Waals surface area contributed by atoms with Crippen LogP contribution in [0.3, 0.4) is 0 Å². The molecule has 4 aliphatic carbocycles. The number of ether oxygens (including phenoxy) is 3. The molecule has 4 heteroatoms. The molecule has 0 heterocycles. The normalized spacial score (nSPS) is 18.2. The Morgan fingerprint density at radius 1 is 0.486 bits per heavy atom. The molecule has 0 amide bonds. The summed E-state index contributed by atoms with van der Waals surface area (Å²) in [7, 11) is 0. The highest BCUT2D eigenvalue weighted by atomic mass is 16.5. The van der Waals surface area contributed by atoms with Crippen molar-refractivity contribution in [3.63, 3.8) is 0 Å². The fourth-order valence-electron chi connectivity index (χ4n) is 15.3. The summed E-state index contributed by atoms with van der Waals surface area (Å²) >= 11 is 0. The van der Waals surface area contributed by atoms with E-state index in [9.17, 15) is 4.79 Å². The molecule has 0 aromatic heterocycles. The molecule has 0 radical (unpaired) electrons. The number of hydrogen-bond donors (Lipinski definition) is 0. The molecule has 4 nitrogen and oxygen atoms in total. The first-order chi connectivity index (χ1) is 35.5. The summed E-state index contributed by atoms with van der Waals surface area (Å²) in [6.45, 7) is 8.66. The van der Waals surface area contributed by atoms with Crippen LogP contribution in [-0.4, -0.2) is 5.97 Å². The van der Waals surface area contributed by atoms with Crippen LogP contribution in [-0.2, 0) is 47.6 Å². The topological polar surface area (TPSA) is 44.8 Å². The summed E-state index contributed by atoms with van der Waals surface area (Å²) in [6, 6.07) is 48.6. The molecule has 0 aliphatic heterocycles. The summed E-state index contributed by atoms with van der Waals surface area (Å²) < 4.78 is 18.8. The maximum atomic E-state index is 14.0. The van der Waals surface area contributed by atoms with Gasteiger partial charge in [0, 0.05) is 29.7 Å². The van der Waals surface area contributed by atoms with E-state index in [1.165, 1.54) is 92.5 Å². The number of hydrogen-bond acceptors (Lipinski definition) is 4. The zero-order valence-electron chi connectivity index (χ0n) is 39.7. The van der Waals surface area contributed by atoms with Crippen LogP contribution in [0.5, 0.6) is 11.5 Å². The maximum absolute atomic E-state index is 14.0. The minimum Gasteiger partial charge on any atom is -0.489 e. The van der Waals surface area contributed by atoms with E-state index in [0.717, 1.165) is 53.5 Å². The lowest BCUT2D eigenvalue weighted by atomic mass is 9.83. The highest BCUT2D eigenvalue weighted by Crippen LogP contribution is 2.78.